The number of amides is 1. The highest BCUT2D eigenvalue weighted by atomic mass is 16.5. The highest BCUT2D eigenvalue weighted by molar-refractivity contribution is 5.80. The van der Waals surface area contributed by atoms with Crippen molar-refractivity contribution in [1.82, 2.24) is 24.2 Å². The molecule has 1 amide bonds. The topological polar surface area (TPSA) is 128 Å². The highest BCUT2D eigenvalue weighted by Gasteiger charge is 2.31. The summed E-state index contributed by atoms with van der Waals surface area (Å²) in [5.41, 5.74) is 6.02. The summed E-state index contributed by atoms with van der Waals surface area (Å²) >= 11 is 0. The monoisotopic (exact) mass is 652 g/mol. The minimum atomic E-state index is -0.601. The number of hydrogen-bond donors (Lipinski definition) is 1. The van der Waals surface area contributed by atoms with Crippen molar-refractivity contribution in [3.8, 4) is 22.5 Å². The van der Waals surface area contributed by atoms with Crippen molar-refractivity contribution >= 4 is 5.91 Å². The summed E-state index contributed by atoms with van der Waals surface area (Å²) in [6, 6.07) is 15.8. The number of piperidine rings is 1. The molecule has 6 rings (SSSR count). The van der Waals surface area contributed by atoms with Gasteiger partial charge in [0.25, 0.3) is 5.56 Å². The number of nitrogens with one attached hydrogen (secondary N) is 1. The van der Waals surface area contributed by atoms with Crippen molar-refractivity contribution in [1.29, 1.82) is 0 Å². The molecular weight excluding hydrogens is 608 g/mol. The normalized spacial score (nSPS) is 16.6. The van der Waals surface area contributed by atoms with E-state index in [9.17, 15) is 14.4 Å². The summed E-state index contributed by atoms with van der Waals surface area (Å²) in [6.07, 6.45) is 8.69. The van der Waals surface area contributed by atoms with Gasteiger partial charge >= 0.3 is 5.76 Å². The van der Waals surface area contributed by atoms with Crippen molar-refractivity contribution < 1.29 is 14.1 Å². The molecule has 2 saturated heterocycles. The van der Waals surface area contributed by atoms with Crippen LogP contribution < -0.4 is 16.9 Å². The van der Waals surface area contributed by atoms with Crippen molar-refractivity contribution in [3.63, 3.8) is 0 Å². The molecule has 0 radical (unpaired) electrons. The van der Waals surface area contributed by atoms with Crippen LogP contribution in [0.5, 0.6) is 0 Å². The Kier molecular flexibility index (Phi) is 10.3. The Labute approximate surface area is 279 Å². The summed E-state index contributed by atoms with van der Waals surface area (Å²) in [4.78, 5) is 48.8. The predicted octanol–water partition coefficient (Wildman–Crippen LogP) is 4.76. The molecule has 4 aromatic rings. The van der Waals surface area contributed by atoms with E-state index in [1.54, 1.807) is 6.20 Å². The van der Waals surface area contributed by atoms with Gasteiger partial charge in [-0.05, 0) is 55.7 Å². The number of carbonyl (C=O) groups excluding carboxylic acids is 1. The SMILES string of the molecule is C/C=C\N=c1n(C)c(CCC)c(Cc2ccc(-c3ccccc3-c3noc(=O)[nH]3)cc2)c(=O)n1C1CCN(C(=O)C2CCOCC2)CC1. The Morgan fingerprint density at radius 3 is 2.38 bits per heavy atom. The smallest absolute Gasteiger partial charge is 0.381 e. The molecule has 0 aliphatic carbocycles. The molecule has 11 nitrogen and oxygen atoms in total. The molecule has 48 heavy (non-hydrogen) atoms. The first kappa shape index (κ1) is 33.1. The van der Waals surface area contributed by atoms with Crippen molar-refractivity contribution in [2.45, 2.75) is 64.8 Å². The summed E-state index contributed by atoms with van der Waals surface area (Å²) in [5, 5.41) is 3.88. The lowest BCUT2D eigenvalue weighted by Gasteiger charge is -2.36. The fraction of sp³-hybridized carbons (Fsp3) is 0.432. The Hall–Kier alpha value is -4.77. The third kappa shape index (κ3) is 6.92. The molecule has 0 unspecified atom stereocenters. The number of allylic oxidation sites excluding steroid dienone is 1. The Bertz CT molecular complexity index is 1950. The van der Waals surface area contributed by atoms with Crippen molar-refractivity contribution in [3.05, 3.63) is 104 Å². The molecular formula is C37H44N6O5. The van der Waals surface area contributed by atoms with Crippen LogP contribution in [0.2, 0.25) is 0 Å². The van der Waals surface area contributed by atoms with Crippen molar-refractivity contribution in [2.24, 2.45) is 18.0 Å². The molecule has 4 heterocycles. The van der Waals surface area contributed by atoms with E-state index in [-0.39, 0.29) is 23.4 Å². The van der Waals surface area contributed by atoms with Crippen LogP contribution in [0.3, 0.4) is 0 Å². The summed E-state index contributed by atoms with van der Waals surface area (Å²) in [7, 11) is 2.00. The lowest BCUT2D eigenvalue weighted by Crippen LogP contribution is -2.49. The van der Waals surface area contributed by atoms with E-state index < -0.39 is 5.76 Å². The molecule has 1 N–H and O–H groups in total. The number of aromatic amines is 1. The summed E-state index contributed by atoms with van der Waals surface area (Å²) in [6.45, 7) is 6.57. The Morgan fingerprint density at radius 2 is 1.73 bits per heavy atom. The van der Waals surface area contributed by atoms with E-state index in [1.165, 1.54) is 0 Å². The van der Waals surface area contributed by atoms with E-state index in [1.807, 2.05) is 65.9 Å². The van der Waals surface area contributed by atoms with Crippen molar-refractivity contribution in [2.75, 3.05) is 26.3 Å². The van der Waals surface area contributed by atoms with E-state index in [0.29, 0.717) is 57.0 Å². The maximum atomic E-state index is 14.6. The number of ether oxygens (including phenoxy) is 1. The van der Waals surface area contributed by atoms with Crippen LogP contribution in [-0.2, 0) is 29.4 Å². The number of benzene rings is 2. The quantitative estimate of drug-likeness (QED) is 0.278. The standard InChI is InChI=1S/C37H44N6O5/c1-4-8-32-31(24-25-11-13-26(14-12-25)29-9-6-7-10-30(29)33-39-37(46)48-40-33)35(45)43(36(41(32)3)38-19-5-2)28-15-20-42(21-16-28)34(44)27-17-22-47-23-18-27/h5-7,9-14,19,27-28H,4,8,15-18,20-24H2,1-3H3,(H,39,40,46)/b19-5-,38-36?. The fourth-order valence-corrected chi connectivity index (χ4v) is 7.04. The average molecular weight is 653 g/mol. The molecule has 0 atom stereocenters. The summed E-state index contributed by atoms with van der Waals surface area (Å²) < 4.78 is 14.2. The number of carbonyl (C=O) groups is 1. The second-order valence-electron chi connectivity index (χ2n) is 12.6. The zero-order chi connectivity index (χ0) is 33.6. The molecule has 0 spiro atoms. The number of hydrogen-bond acceptors (Lipinski definition) is 7. The van der Waals surface area contributed by atoms with Gasteiger partial charge in [0.15, 0.2) is 5.82 Å². The van der Waals surface area contributed by atoms with Gasteiger partial charge in [0.2, 0.25) is 11.5 Å². The average Bonchev–Trinajstić information content (AvgIpc) is 3.57. The maximum absolute atomic E-state index is 14.6. The third-order valence-corrected chi connectivity index (χ3v) is 9.55. The first-order chi connectivity index (χ1) is 23.4. The van der Waals surface area contributed by atoms with Gasteiger partial charge in [0.05, 0.1) is 0 Å². The third-order valence-electron chi connectivity index (χ3n) is 9.55. The number of rotatable bonds is 9. The van der Waals surface area contributed by atoms with Crippen LogP contribution in [0.25, 0.3) is 22.5 Å². The number of nitrogens with zero attached hydrogens (tertiary/aromatic N) is 5. The zero-order valence-corrected chi connectivity index (χ0v) is 28.0. The maximum Gasteiger partial charge on any atom is 0.439 e. The zero-order valence-electron chi connectivity index (χ0n) is 28.0. The second-order valence-corrected chi connectivity index (χ2v) is 12.6. The molecule has 2 aromatic heterocycles. The Balaban J connectivity index is 1.32. The molecule has 0 saturated carbocycles. The number of H-pyrrole nitrogens is 1. The molecule has 252 valence electrons. The van der Waals surface area contributed by atoms with E-state index in [2.05, 4.69) is 33.8 Å². The van der Waals surface area contributed by atoms with Crippen LogP contribution in [0.15, 0.2) is 79.9 Å². The minimum Gasteiger partial charge on any atom is -0.381 e. The van der Waals surface area contributed by atoms with Gasteiger partial charge in [0, 0.05) is 74.8 Å². The minimum absolute atomic E-state index is 0.0154. The van der Waals surface area contributed by atoms with Gasteiger partial charge < -0.3 is 14.2 Å². The summed E-state index contributed by atoms with van der Waals surface area (Å²) in [5.74, 6) is 0.0182. The van der Waals surface area contributed by atoms with E-state index in [4.69, 9.17) is 14.3 Å². The predicted molar refractivity (Wildman–Crippen MR) is 183 cm³/mol. The molecule has 11 heteroatoms. The molecule has 2 aromatic carbocycles. The molecule has 2 aliphatic rings. The van der Waals surface area contributed by atoms with Crippen LogP contribution >= 0.6 is 0 Å². The van der Waals surface area contributed by atoms with E-state index >= 15 is 0 Å². The highest BCUT2D eigenvalue weighted by Crippen LogP contribution is 2.30. The first-order valence-corrected chi connectivity index (χ1v) is 17.0. The van der Waals surface area contributed by atoms with Crippen LogP contribution in [0, 0.1) is 5.92 Å². The van der Waals surface area contributed by atoms with Crippen LogP contribution in [0.4, 0.5) is 0 Å². The number of aromatic nitrogens is 4. The van der Waals surface area contributed by atoms with Gasteiger partial charge in [-0.25, -0.2) is 9.79 Å². The lowest BCUT2D eigenvalue weighted by atomic mass is 9.95. The molecule has 2 fully saturated rings. The largest absolute Gasteiger partial charge is 0.439 e. The van der Waals surface area contributed by atoms with Crippen LogP contribution in [-0.4, -0.2) is 56.4 Å². The Morgan fingerprint density at radius 1 is 1.02 bits per heavy atom. The first-order valence-electron chi connectivity index (χ1n) is 17.0. The van der Waals surface area contributed by atoms with Gasteiger partial charge in [-0.3, -0.25) is 23.7 Å². The number of likely N-dealkylation sites (tertiary alicyclic amines) is 1. The lowest BCUT2D eigenvalue weighted by molar-refractivity contribution is -0.139. The van der Waals surface area contributed by atoms with Gasteiger partial charge in [-0.1, -0.05) is 73.1 Å². The van der Waals surface area contributed by atoms with Gasteiger partial charge in [-0.15, -0.1) is 0 Å². The van der Waals surface area contributed by atoms with Crippen LogP contribution in [0.1, 0.15) is 68.8 Å². The second kappa shape index (κ2) is 15.0. The van der Waals surface area contributed by atoms with Gasteiger partial charge in [0.1, 0.15) is 0 Å². The van der Waals surface area contributed by atoms with E-state index in [0.717, 1.165) is 59.2 Å². The molecule has 2 aliphatic heterocycles. The molecule has 0 bridgehead atoms. The fourth-order valence-electron chi connectivity index (χ4n) is 7.04. The van der Waals surface area contributed by atoms with Gasteiger partial charge in [-0.2, -0.15) is 0 Å².